The molecule has 3 atom stereocenters. The zero-order chi connectivity index (χ0) is 14.0. The lowest BCUT2D eigenvalue weighted by molar-refractivity contribution is -0.124. The maximum absolute atomic E-state index is 13.6. The van der Waals surface area contributed by atoms with Crippen molar-refractivity contribution in [2.45, 2.75) is 24.1 Å². The monoisotopic (exact) mass is 293 g/mol. The summed E-state index contributed by atoms with van der Waals surface area (Å²) in [5, 5.41) is 5.75. The lowest BCUT2D eigenvalue weighted by atomic mass is 10.2. The van der Waals surface area contributed by atoms with Crippen LogP contribution in [-0.2, 0) is 0 Å². The average Bonchev–Trinajstić information content (AvgIpc) is 2.28. The summed E-state index contributed by atoms with van der Waals surface area (Å²) in [4.78, 5) is 0. The van der Waals surface area contributed by atoms with E-state index in [0.29, 0.717) is 5.56 Å². The first-order valence-electron chi connectivity index (χ1n) is 5.00. The molecule has 0 fully saturated rings. The van der Waals surface area contributed by atoms with Gasteiger partial charge in [0.15, 0.2) is 6.10 Å². The molecule has 98 valence electrons. The van der Waals surface area contributed by atoms with E-state index >= 15 is 0 Å². The summed E-state index contributed by atoms with van der Waals surface area (Å²) in [5.74, 6) is -3.53. The summed E-state index contributed by atoms with van der Waals surface area (Å²) in [6.07, 6.45) is -1.65. The Balaban J connectivity index is 2.81. The van der Waals surface area contributed by atoms with Crippen molar-refractivity contribution < 1.29 is 17.9 Å². The van der Waals surface area contributed by atoms with Gasteiger partial charge in [-0.25, -0.2) is 4.39 Å². The lowest BCUT2D eigenvalue weighted by Gasteiger charge is -2.31. The van der Waals surface area contributed by atoms with E-state index in [0.717, 1.165) is 6.92 Å². The molecule has 0 aliphatic carbocycles. The number of alkyl halides is 3. The molecule has 0 spiro atoms. The molecule has 1 aromatic rings. The van der Waals surface area contributed by atoms with Crippen LogP contribution >= 0.6 is 18.5 Å². The second-order valence-corrected chi connectivity index (χ2v) is 6.13. The van der Waals surface area contributed by atoms with E-state index in [9.17, 15) is 13.2 Å². The molecule has 2 nitrogen and oxygen atoms in total. The standard InChI is InChI=1S/C11H12F3NOP2/c1-7(10(12,13)11(14,17)18)16-9-4-2-8(6-15)3-5-9/h2-5,7H,17-18H2,1H3. The molecule has 0 aliphatic heterocycles. The van der Waals surface area contributed by atoms with Crippen LogP contribution in [0.4, 0.5) is 13.2 Å². The molecule has 3 unspecified atom stereocenters. The smallest absolute Gasteiger partial charge is 0.323 e. The topological polar surface area (TPSA) is 33.0 Å². The van der Waals surface area contributed by atoms with E-state index in [4.69, 9.17) is 10.00 Å². The third-order valence-corrected chi connectivity index (χ3v) is 3.09. The van der Waals surface area contributed by atoms with Crippen molar-refractivity contribution in [3.63, 3.8) is 0 Å². The second kappa shape index (κ2) is 5.43. The second-order valence-electron chi connectivity index (χ2n) is 3.79. The molecule has 0 N–H and O–H groups in total. The fraction of sp³-hybridized carbons (Fsp3) is 0.364. The number of rotatable bonds is 4. The summed E-state index contributed by atoms with van der Waals surface area (Å²) >= 11 is 0. The summed E-state index contributed by atoms with van der Waals surface area (Å²) in [7, 11) is 2.87. The Morgan fingerprint density at radius 2 is 1.72 bits per heavy atom. The van der Waals surface area contributed by atoms with Gasteiger partial charge in [0.05, 0.1) is 11.6 Å². The van der Waals surface area contributed by atoms with Gasteiger partial charge >= 0.3 is 5.92 Å². The quantitative estimate of drug-likeness (QED) is 0.798. The van der Waals surface area contributed by atoms with Crippen LogP contribution in [0.15, 0.2) is 24.3 Å². The van der Waals surface area contributed by atoms with Crippen LogP contribution in [0, 0.1) is 11.3 Å². The highest BCUT2D eigenvalue weighted by atomic mass is 31.1. The van der Waals surface area contributed by atoms with Crippen molar-refractivity contribution >= 4 is 18.5 Å². The molecule has 0 saturated heterocycles. The predicted molar refractivity (Wildman–Crippen MR) is 69.5 cm³/mol. The molecule has 0 saturated carbocycles. The Bertz CT molecular complexity index is 451. The first kappa shape index (κ1) is 15.2. The Kier molecular flexibility index (Phi) is 4.59. The van der Waals surface area contributed by atoms with Crippen LogP contribution in [-0.4, -0.2) is 17.2 Å². The Morgan fingerprint density at radius 1 is 1.22 bits per heavy atom. The minimum Gasteiger partial charge on any atom is -0.484 e. The van der Waals surface area contributed by atoms with E-state index in [2.05, 4.69) is 0 Å². The van der Waals surface area contributed by atoms with Gasteiger partial charge in [-0.15, -0.1) is 0 Å². The number of hydrogen-bond acceptors (Lipinski definition) is 2. The summed E-state index contributed by atoms with van der Waals surface area (Å²) < 4.78 is 45.4. The Hall–Kier alpha value is -0.840. The van der Waals surface area contributed by atoms with Crippen LogP contribution in [0.1, 0.15) is 12.5 Å². The van der Waals surface area contributed by atoms with Gasteiger partial charge in [-0.05, 0) is 31.2 Å². The fourth-order valence-corrected chi connectivity index (χ4v) is 1.67. The van der Waals surface area contributed by atoms with E-state index in [1.807, 2.05) is 6.07 Å². The zero-order valence-electron chi connectivity index (χ0n) is 9.53. The summed E-state index contributed by atoms with van der Waals surface area (Å²) in [6, 6.07) is 7.53. The highest BCUT2D eigenvalue weighted by molar-refractivity contribution is 7.39. The number of ether oxygens (including phenoxy) is 1. The lowest BCUT2D eigenvalue weighted by Crippen LogP contribution is -2.46. The van der Waals surface area contributed by atoms with Gasteiger partial charge in [-0.1, -0.05) is 18.5 Å². The van der Waals surface area contributed by atoms with Crippen LogP contribution in [0.5, 0.6) is 5.75 Å². The van der Waals surface area contributed by atoms with Gasteiger partial charge in [-0.2, -0.15) is 14.0 Å². The van der Waals surface area contributed by atoms with Crippen molar-refractivity contribution in [1.29, 1.82) is 5.26 Å². The number of hydrogen-bond donors (Lipinski definition) is 0. The molecule has 1 rings (SSSR count). The van der Waals surface area contributed by atoms with E-state index < -0.39 is 17.2 Å². The molecule has 0 aromatic heterocycles. The van der Waals surface area contributed by atoms with Crippen LogP contribution in [0.3, 0.4) is 0 Å². The normalized spacial score (nSPS) is 13.8. The SMILES string of the molecule is CC(Oc1ccc(C#N)cc1)C(F)(F)C(F)(P)P. The molecule has 0 bridgehead atoms. The molecule has 7 heteroatoms. The molecule has 0 amide bonds. The molecule has 18 heavy (non-hydrogen) atoms. The van der Waals surface area contributed by atoms with Gasteiger partial charge in [0.25, 0.3) is 0 Å². The molecular weight excluding hydrogens is 281 g/mol. The number of benzene rings is 1. The highest BCUT2D eigenvalue weighted by Gasteiger charge is 2.53. The van der Waals surface area contributed by atoms with Gasteiger partial charge in [-0.3, -0.25) is 0 Å². The molecule has 1 aromatic carbocycles. The van der Waals surface area contributed by atoms with Gasteiger partial charge in [0, 0.05) is 0 Å². The van der Waals surface area contributed by atoms with Gasteiger partial charge in [0.1, 0.15) is 5.75 Å². The zero-order valence-corrected chi connectivity index (χ0v) is 11.8. The molecule has 0 aliphatic rings. The van der Waals surface area contributed by atoms with Crippen molar-refractivity contribution in [3.05, 3.63) is 29.8 Å². The third kappa shape index (κ3) is 3.34. The minimum absolute atomic E-state index is 0.153. The number of nitrogens with zero attached hydrogens (tertiary/aromatic N) is 1. The van der Waals surface area contributed by atoms with Crippen molar-refractivity contribution in [2.24, 2.45) is 0 Å². The minimum atomic E-state index is -3.68. The maximum Gasteiger partial charge on any atom is 0.323 e. The fourth-order valence-electron chi connectivity index (χ4n) is 1.20. The molecule has 0 radical (unpaired) electrons. The molecular formula is C11H12F3NOP2. The summed E-state index contributed by atoms with van der Waals surface area (Å²) in [6.45, 7) is 1.08. The van der Waals surface area contributed by atoms with Crippen LogP contribution < -0.4 is 4.74 Å². The van der Waals surface area contributed by atoms with Crippen molar-refractivity contribution in [1.82, 2.24) is 0 Å². The van der Waals surface area contributed by atoms with Crippen molar-refractivity contribution in [2.75, 3.05) is 0 Å². The van der Waals surface area contributed by atoms with Gasteiger partial charge in [0.2, 0.25) is 5.15 Å². The first-order chi connectivity index (χ1) is 8.18. The summed E-state index contributed by atoms with van der Waals surface area (Å²) in [5.41, 5.74) is 0.388. The molecule has 0 heterocycles. The Morgan fingerprint density at radius 3 is 2.11 bits per heavy atom. The maximum atomic E-state index is 13.6. The van der Waals surface area contributed by atoms with E-state index in [-0.39, 0.29) is 5.75 Å². The van der Waals surface area contributed by atoms with Crippen LogP contribution in [0.25, 0.3) is 0 Å². The van der Waals surface area contributed by atoms with E-state index in [1.165, 1.54) is 42.7 Å². The largest absolute Gasteiger partial charge is 0.484 e. The van der Waals surface area contributed by atoms with Gasteiger partial charge < -0.3 is 4.74 Å². The predicted octanol–water partition coefficient (Wildman–Crippen LogP) is 3.33. The average molecular weight is 293 g/mol. The van der Waals surface area contributed by atoms with Crippen molar-refractivity contribution in [3.8, 4) is 11.8 Å². The van der Waals surface area contributed by atoms with E-state index in [1.54, 1.807) is 0 Å². The third-order valence-electron chi connectivity index (χ3n) is 2.32. The Labute approximate surface area is 108 Å². The number of halogens is 3. The number of nitriles is 1. The first-order valence-corrected chi connectivity index (χ1v) is 6.15. The van der Waals surface area contributed by atoms with Crippen LogP contribution in [0.2, 0.25) is 0 Å². The highest BCUT2D eigenvalue weighted by Crippen LogP contribution is 2.46.